The van der Waals surface area contributed by atoms with Crippen molar-refractivity contribution in [3.8, 4) is 5.69 Å². The van der Waals surface area contributed by atoms with E-state index in [1.165, 1.54) is 0 Å². The molecule has 1 heterocycles. The number of imidazole rings is 1. The van der Waals surface area contributed by atoms with Crippen LogP contribution in [-0.4, -0.2) is 9.55 Å². The fourth-order valence-electron chi connectivity index (χ4n) is 2.27. The van der Waals surface area contributed by atoms with Gasteiger partial charge in [-0.15, -0.1) is 0 Å². The second-order valence-electron chi connectivity index (χ2n) is 4.65. The molecule has 17 heavy (non-hydrogen) atoms. The maximum atomic E-state index is 14.0. The molecule has 1 aromatic heterocycles. The van der Waals surface area contributed by atoms with E-state index in [0.29, 0.717) is 5.69 Å². The quantitative estimate of drug-likeness (QED) is 0.862. The average molecular weight is 231 g/mol. The van der Waals surface area contributed by atoms with Crippen molar-refractivity contribution in [1.82, 2.24) is 9.55 Å². The predicted molar refractivity (Wildman–Crippen MR) is 63.2 cm³/mol. The first-order chi connectivity index (χ1) is 8.19. The monoisotopic (exact) mass is 231 g/mol. The van der Waals surface area contributed by atoms with E-state index in [1.54, 1.807) is 35.4 Å². The predicted octanol–water partition coefficient (Wildman–Crippen LogP) is 2.35. The molecular formula is C13H14FN3. The number of halogens is 1. The number of rotatable bonds is 2. The van der Waals surface area contributed by atoms with Crippen LogP contribution in [0.1, 0.15) is 24.8 Å². The molecule has 1 aliphatic carbocycles. The summed E-state index contributed by atoms with van der Waals surface area (Å²) in [4.78, 5) is 3.91. The smallest absolute Gasteiger partial charge is 0.147 e. The third-order valence-electron chi connectivity index (χ3n) is 3.55. The number of hydrogen-bond acceptors (Lipinski definition) is 2. The van der Waals surface area contributed by atoms with Crippen molar-refractivity contribution in [3.05, 3.63) is 48.3 Å². The standard InChI is InChI=1S/C13H14FN3/c14-11-8-10(13(15)4-1-5-13)2-3-12(11)17-7-6-16-9-17/h2-3,6-9H,1,4-5,15H2. The molecule has 0 saturated heterocycles. The normalized spacial score (nSPS) is 17.8. The number of hydrogen-bond donors (Lipinski definition) is 1. The second kappa shape index (κ2) is 3.67. The van der Waals surface area contributed by atoms with Crippen molar-refractivity contribution >= 4 is 0 Å². The van der Waals surface area contributed by atoms with Crippen molar-refractivity contribution in [1.29, 1.82) is 0 Å². The minimum Gasteiger partial charge on any atom is -0.321 e. The Bertz CT molecular complexity index is 530. The van der Waals surface area contributed by atoms with Gasteiger partial charge < -0.3 is 10.3 Å². The molecule has 0 radical (unpaired) electrons. The minimum absolute atomic E-state index is 0.253. The summed E-state index contributed by atoms with van der Waals surface area (Å²) < 4.78 is 15.7. The van der Waals surface area contributed by atoms with Crippen molar-refractivity contribution in [2.24, 2.45) is 5.73 Å². The van der Waals surface area contributed by atoms with E-state index in [9.17, 15) is 4.39 Å². The number of nitrogens with two attached hydrogens (primary N) is 1. The molecule has 0 bridgehead atoms. The molecule has 0 aliphatic heterocycles. The molecule has 1 saturated carbocycles. The topological polar surface area (TPSA) is 43.8 Å². The van der Waals surface area contributed by atoms with E-state index in [4.69, 9.17) is 5.73 Å². The molecule has 0 spiro atoms. The first-order valence-electron chi connectivity index (χ1n) is 5.76. The van der Waals surface area contributed by atoms with Gasteiger partial charge in [-0.2, -0.15) is 0 Å². The molecule has 0 atom stereocenters. The highest BCUT2D eigenvalue weighted by Gasteiger charge is 2.34. The lowest BCUT2D eigenvalue weighted by Gasteiger charge is -2.38. The highest BCUT2D eigenvalue weighted by Crippen LogP contribution is 2.39. The lowest BCUT2D eigenvalue weighted by molar-refractivity contribution is 0.253. The fourth-order valence-corrected chi connectivity index (χ4v) is 2.27. The van der Waals surface area contributed by atoms with Gasteiger partial charge in [0.05, 0.1) is 12.0 Å². The third kappa shape index (κ3) is 1.65. The Morgan fingerprint density at radius 2 is 2.18 bits per heavy atom. The molecule has 1 fully saturated rings. The highest BCUT2D eigenvalue weighted by molar-refractivity contribution is 5.39. The molecule has 3 rings (SSSR count). The molecular weight excluding hydrogens is 217 g/mol. The van der Waals surface area contributed by atoms with Gasteiger partial charge >= 0.3 is 0 Å². The zero-order valence-corrected chi connectivity index (χ0v) is 9.44. The van der Waals surface area contributed by atoms with Crippen molar-refractivity contribution in [3.63, 3.8) is 0 Å². The van der Waals surface area contributed by atoms with Crippen molar-refractivity contribution in [2.75, 3.05) is 0 Å². The Hall–Kier alpha value is -1.68. The summed E-state index contributed by atoms with van der Waals surface area (Å²) >= 11 is 0. The van der Waals surface area contributed by atoms with E-state index in [2.05, 4.69) is 4.98 Å². The SMILES string of the molecule is NC1(c2ccc(-n3ccnc3)c(F)c2)CCC1. The van der Waals surface area contributed by atoms with Crippen LogP contribution in [0.4, 0.5) is 4.39 Å². The summed E-state index contributed by atoms with van der Waals surface area (Å²) in [6.45, 7) is 0. The molecule has 1 aromatic carbocycles. The maximum Gasteiger partial charge on any atom is 0.147 e. The highest BCUT2D eigenvalue weighted by atomic mass is 19.1. The van der Waals surface area contributed by atoms with Gasteiger partial charge in [0.15, 0.2) is 0 Å². The van der Waals surface area contributed by atoms with Crippen LogP contribution in [0.25, 0.3) is 5.69 Å². The van der Waals surface area contributed by atoms with Gasteiger partial charge in [0.25, 0.3) is 0 Å². The summed E-state index contributed by atoms with van der Waals surface area (Å²) in [7, 11) is 0. The molecule has 4 heteroatoms. The Balaban J connectivity index is 2.00. The summed E-state index contributed by atoms with van der Waals surface area (Å²) in [6, 6.07) is 5.23. The zero-order valence-electron chi connectivity index (χ0n) is 9.44. The Kier molecular flexibility index (Phi) is 2.26. The van der Waals surface area contributed by atoms with Crippen LogP contribution in [-0.2, 0) is 5.54 Å². The third-order valence-corrected chi connectivity index (χ3v) is 3.55. The molecule has 1 aliphatic rings. The number of aromatic nitrogens is 2. The van der Waals surface area contributed by atoms with Crippen molar-refractivity contribution in [2.45, 2.75) is 24.8 Å². The molecule has 3 nitrogen and oxygen atoms in total. The Morgan fingerprint density at radius 3 is 2.71 bits per heavy atom. The largest absolute Gasteiger partial charge is 0.321 e. The van der Waals surface area contributed by atoms with E-state index in [1.807, 2.05) is 6.07 Å². The fraction of sp³-hybridized carbons (Fsp3) is 0.308. The molecule has 88 valence electrons. The van der Waals surface area contributed by atoms with Crippen molar-refractivity contribution < 1.29 is 4.39 Å². The lowest BCUT2D eigenvalue weighted by Crippen LogP contribution is -2.43. The van der Waals surface area contributed by atoms with E-state index < -0.39 is 0 Å². The van der Waals surface area contributed by atoms with Gasteiger partial charge in [-0.1, -0.05) is 6.07 Å². The summed E-state index contributed by atoms with van der Waals surface area (Å²) in [5.41, 5.74) is 7.27. The number of benzene rings is 1. The minimum atomic E-state index is -0.311. The second-order valence-corrected chi connectivity index (χ2v) is 4.65. The van der Waals surface area contributed by atoms with Crippen LogP contribution in [0.5, 0.6) is 0 Å². The van der Waals surface area contributed by atoms with Crippen LogP contribution in [0.3, 0.4) is 0 Å². The van der Waals surface area contributed by atoms with Gasteiger partial charge in [-0.25, -0.2) is 9.37 Å². The first-order valence-corrected chi connectivity index (χ1v) is 5.76. The van der Waals surface area contributed by atoms with E-state index in [-0.39, 0.29) is 11.4 Å². The van der Waals surface area contributed by atoms with Crippen LogP contribution in [0.2, 0.25) is 0 Å². The van der Waals surface area contributed by atoms with E-state index >= 15 is 0 Å². The van der Waals surface area contributed by atoms with Crippen LogP contribution in [0.15, 0.2) is 36.9 Å². The van der Waals surface area contributed by atoms with Crippen LogP contribution in [0, 0.1) is 5.82 Å². The van der Waals surface area contributed by atoms with Crippen LogP contribution >= 0.6 is 0 Å². The van der Waals surface area contributed by atoms with Gasteiger partial charge in [-0.3, -0.25) is 0 Å². The Morgan fingerprint density at radius 1 is 1.35 bits per heavy atom. The average Bonchev–Trinajstić information content (AvgIpc) is 2.79. The molecule has 0 amide bonds. The molecule has 2 aromatic rings. The van der Waals surface area contributed by atoms with E-state index in [0.717, 1.165) is 24.8 Å². The number of nitrogens with zero attached hydrogens (tertiary/aromatic N) is 2. The molecule has 2 N–H and O–H groups in total. The maximum absolute atomic E-state index is 14.0. The summed E-state index contributed by atoms with van der Waals surface area (Å²) in [6.07, 6.45) is 7.94. The van der Waals surface area contributed by atoms with Gasteiger partial charge in [0, 0.05) is 17.9 Å². The van der Waals surface area contributed by atoms with Gasteiger partial charge in [-0.05, 0) is 37.0 Å². The van der Waals surface area contributed by atoms with Gasteiger partial charge in [0.1, 0.15) is 5.82 Å². The van der Waals surface area contributed by atoms with Crippen LogP contribution < -0.4 is 5.73 Å². The summed E-state index contributed by atoms with van der Waals surface area (Å²) in [5.74, 6) is -0.253. The zero-order chi connectivity index (χ0) is 11.9. The molecule has 0 unspecified atom stereocenters. The summed E-state index contributed by atoms with van der Waals surface area (Å²) in [5, 5.41) is 0. The Labute approximate surface area is 99.1 Å². The van der Waals surface area contributed by atoms with Gasteiger partial charge in [0.2, 0.25) is 0 Å². The lowest BCUT2D eigenvalue weighted by atomic mass is 9.73. The first kappa shape index (κ1) is 10.5.